The summed E-state index contributed by atoms with van der Waals surface area (Å²) < 4.78 is 7.29. The number of ether oxygens (including phenoxy) is 1. The highest BCUT2D eigenvalue weighted by molar-refractivity contribution is 9.10. The lowest BCUT2D eigenvalue weighted by molar-refractivity contribution is 0.102. The second-order valence-electron chi connectivity index (χ2n) is 6.19. The maximum atomic E-state index is 6.15. The van der Waals surface area contributed by atoms with E-state index in [1.54, 1.807) is 0 Å². The molecule has 21 heavy (non-hydrogen) atoms. The molecule has 116 valence electrons. The molecule has 1 aromatic carbocycles. The van der Waals surface area contributed by atoms with Gasteiger partial charge in [-0.05, 0) is 56.1 Å². The molecule has 0 spiro atoms. The molecule has 1 saturated heterocycles. The Balaban J connectivity index is 1.61. The topological polar surface area (TPSA) is 24.5 Å². The van der Waals surface area contributed by atoms with E-state index in [2.05, 4.69) is 51.3 Å². The van der Waals surface area contributed by atoms with E-state index in [9.17, 15) is 0 Å². The maximum Gasteiger partial charge on any atom is 0.123 e. The van der Waals surface area contributed by atoms with Gasteiger partial charge in [-0.3, -0.25) is 4.90 Å². The van der Waals surface area contributed by atoms with Crippen LogP contribution in [0.1, 0.15) is 31.7 Å². The number of hydrogen-bond donors (Lipinski definition) is 1. The Bertz CT molecular complexity index is 474. The van der Waals surface area contributed by atoms with Crippen molar-refractivity contribution in [2.75, 3.05) is 26.2 Å². The average molecular weight is 353 g/mol. The van der Waals surface area contributed by atoms with Crippen molar-refractivity contribution < 1.29 is 4.74 Å². The number of fused-ring (bicyclic) bond motifs is 1. The van der Waals surface area contributed by atoms with Crippen molar-refractivity contribution in [3.63, 3.8) is 0 Å². The van der Waals surface area contributed by atoms with Crippen LogP contribution < -0.4 is 10.1 Å². The maximum absolute atomic E-state index is 6.15. The second kappa shape index (κ2) is 7.12. The predicted molar refractivity (Wildman–Crippen MR) is 90.0 cm³/mol. The number of benzene rings is 1. The Morgan fingerprint density at radius 3 is 3.10 bits per heavy atom. The van der Waals surface area contributed by atoms with Crippen LogP contribution in [0.3, 0.4) is 0 Å². The first-order valence-electron chi connectivity index (χ1n) is 8.16. The van der Waals surface area contributed by atoms with E-state index >= 15 is 0 Å². The normalized spacial score (nSPS) is 24.9. The minimum absolute atomic E-state index is 0.308. The minimum Gasteiger partial charge on any atom is -0.488 e. The fraction of sp³-hybridized carbons (Fsp3) is 0.647. The van der Waals surface area contributed by atoms with E-state index in [1.165, 1.54) is 37.9 Å². The lowest BCUT2D eigenvalue weighted by atomic mass is 10.0. The van der Waals surface area contributed by atoms with Gasteiger partial charge < -0.3 is 10.1 Å². The van der Waals surface area contributed by atoms with Crippen LogP contribution in [0.5, 0.6) is 5.75 Å². The molecule has 1 N–H and O–H groups in total. The molecule has 0 amide bonds. The summed E-state index contributed by atoms with van der Waals surface area (Å²) in [7, 11) is 0. The van der Waals surface area contributed by atoms with E-state index in [4.69, 9.17) is 4.74 Å². The number of piperidine rings is 1. The van der Waals surface area contributed by atoms with Gasteiger partial charge in [0.15, 0.2) is 0 Å². The molecule has 0 saturated carbocycles. The molecule has 2 aliphatic rings. The first-order chi connectivity index (χ1) is 10.3. The van der Waals surface area contributed by atoms with Crippen molar-refractivity contribution in [1.29, 1.82) is 0 Å². The van der Waals surface area contributed by atoms with Crippen LogP contribution in [0.4, 0.5) is 0 Å². The Morgan fingerprint density at radius 2 is 2.33 bits per heavy atom. The van der Waals surface area contributed by atoms with Crippen LogP contribution in [0, 0.1) is 0 Å². The third-order valence-corrected chi connectivity index (χ3v) is 4.99. The molecular formula is C17H25BrN2O. The average Bonchev–Trinajstić information content (AvgIpc) is 2.89. The molecule has 1 fully saturated rings. The van der Waals surface area contributed by atoms with Crippen LogP contribution in [0.2, 0.25) is 0 Å². The fourth-order valence-corrected chi connectivity index (χ4v) is 3.92. The predicted octanol–water partition coefficient (Wildman–Crippen LogP) is 3.22. The van der Waals surface area contributed by atoms with Crippen molar-refractivity contribution in [2.45, 2.75) is 44.8 Å². The van der Waals surface area contributed by atoms with Crippen LogP contribution in [0.25, 0.3) is 0 Å². The van der Waals surface area contributed by atoms with Gasteiger partial charge in [0.2, 0.25) is 0 Å². The Hall–Kier alpha value is -0.580. The van der Waals surface area contributed by atoms with Gasteiger partial charge in [0.05, 0.1) is 0 Å². The van der Waals surface area contributed by atoms with Gasteiger partial charge in [-0.25, -0.2) is 0 Å². The van der Waals surface area contributed by atoms with Crippen molar-refractivity contribution >= 4 is 15.9 Å². The van der Waals surface area contributed by atoms with Crippen LogP contribution >= 0.6 is 15.9 Å². The summed E-state index contributed by atoms with van der Waals surface area (Å²) in [6, 6.07) is 7.03. The number of nitrogens with one attached hydrogen (secondary N) is 1. The number of nitrogens with zero attached hydrogens (tertiary/aromatic N) is 1. The molecule has 3 rings (SSSR count). The zero-order chi connectivity index (χ0) is 14.7. The first kappa shape index (κ1) is 15.3. The van der Waals surface area contributed by atoms with Gasteiger partial charge in [0.1, 0.15) is 11.9 Å². The molecule has 1 aromatic rings. The summed E-state index contributed by atoms with van der Waals surface area (Å²) in [4.78, 5) is 2.64. The molecular weight excluding hydrogens is 328 g/mol. The summed E-state index contributed by atoms with van der Waals surface area (Å²) in [5.41, 5.74) is 1.34. The highest BCUT2D eigenvalue weighted by Gasteiger charge is 2.28. The van der Waals surface area contributed by atoms with Gasteiger partial charge >= 0.3 is 0 Å². The summed E-state index contributed by atoms with van der Waals surface area (Å²) in [6.45, 7) is 6.80. The first-order valence-corrected chi connectivity index (χ1v) is 8.95. The second-order valence-corrected chi connectivity index (χ2v) is 7.11. The van der Waals surface area contributed by atoms with Gasteiger partial charge in [0.25, 0.3) is 0 Å². The smallest absolute Gasteiger partial charge is 0.123 e. The molecule has 0 aromatic heterocycles. The zero-order valence-corrected chi connectivity index (χ0v) is 14.4. The lowest BCUT2D eigenvalue weighted by Crippen LogP contribution is -2.49. The summed E-state index contributed by atoms with van der Waals surface area (Å²) in [6.07, 6.45) is 5.17. The van der Waals surface area contributed by atoms with Crippen molar-refractivity contribution in [3.05, 3.63) is 28.2 Å². The number of rotatable bonds is 5. The molecule has 0 radical (unpaired) electrons. The Labute approximate surface area is 136 Å². The largest absolute Gasteiger partial charge is 0.488 e. The highest BCUT2D eigenvalue weighted by Crippen LogP contribution is 2.31. The van der Waals surface area contributed by atoms with Gasteiger partial charge in [-0.1, -0.05) is 22.9 Å². The fourth-order valence-electron chi connectivity index (χ4n) is 3.51. The number of halogens is 1. The Morgan fingerprint density at radius 1 is 1.43 bits per heavy atom. The molecule has 4 heteroatoms. The van der Waals surface area contributed by atoms with E-state index in [1.807, 2.05) is 0 Å². The summed E-state index contributed by atoms with van der Waals surface area (Å²) in [5, 5.41) is 3.53. The van der Waals surface area contributed by atoms with Crippen LogP contribution in [0.15, 0.2) is 22.7 Å². The van der Waals surface area contributed by atoms with E-state index in [-0.39, 0.29) is 0 Å². The van der Waals surface area contributed by atoms with Crippen molar-refractivity contribution in [3.8, 4) is 5.75 Å². The van der Waals surface area contributed by atoms with Gasteiger partial charge in [-0.2, -0.15) is 0 Å². The molecule has 2 aliphatic heterocycles. The van der Waals surface area contributed by atoms with Crippen LogP contribution in [-0.2, 0) is 6.42 Å². The highest BCUT2D eigenvalue weighted by atomic mass is 79.9. The van der Waals surface area contributed by atoms with E-state index in [0.717, 1.165) is 29.7 Å². The van der Waals surface area contributed by atoms with Crippen molar-refractivity contribution in [1.82, 2.24) is 10.2 Å². The lowest BCUT2D eigenvalue weighted by Gasteiger charge is -2.35. The van der Waals surface area contributed by atoms with Gasteiger partial charge in [-0.15, -0.1) is 0 Å². The minimum atomic E-state index is 0.308. The molecule has 0 aliphatic carbocycles. The monoisotopic (exact) mass is 352 g/mol. The third-order valence-electron chi connectivity index (χ3n) is 4.50. The van der Waals surface area contributed by atoms with E-state index in [0.29, 0.717) is 12.1 Å². The standard InChI is InChI=1S/C17H25BrN2O/c1-2-8-20(15-4-3-7-19-11-15)12-16-10-13-9-14(18)5-6-17(13)21-16/h5-6,9,15-16,19H,2-4,7-8,10-12H2,1H3. The molecule has 2 atom stereocenters. The molecule has 3 nitrogen and oxygen atoms in total. The van der Waals surface area contributed by atoms with Crippen molar-refractivity contribution in [2.24, 2.45) is 0 Å². The third kappa shape index (κ3) is 3.79. The van der Waals surface area contributed by atoms with Crippen LogP contribution in [-0.4, -0.2) is 43.2 Å². The zero-order valence-electron chi connectivity index (χ0n) is 12.8. The molecule has 2 unspecified atom stereocenters. The summed E-state index contributed by atoms with van der Waals surface area (Å²) in [5.74, 6) is 1.07. The SMILES string of the molecule is CCCN(CC1Cc2cc(Br)ccc2O1)C1CCCNC1. The summed E-state index contributed by atoms with van der Waals surface area (Å²) >= 11 is 3.55. The Kier molecular flexibility index (Phi) is 5.19. The van der Waals surface area contributed by atoms with Gasteiger partial charge in [0, 0.05) is 30.0 Å². The quantitative estimate of drug-likeness (QED) is 0.880. The van der Waals surface area contributed by atoms with E-state index < -0.39 is 0 Å². The molecule has 0 bridgehead atoms. The molecule has 2 heterocycles. The number of hydrogen-bond acceptors (Lipinski definition) is 3.